The van der Waals surface area contributed by atoms with E-state index in [0.717, 1.165) is 18.7 Å². The first-order chi connectivity index (χ1) is 9.69. The minimum Gasteiger partial charge on any atom is -0.439 e. The van der Waals surface area contributed by atoms with Crippen LogP contribution in [0.2, 0.25) is 0 Å². The van der Waals surface area contributed by atoms with Crippen LogP contribution in [-0.4, -0.2) is 11.5 Å². The highest BCUT2D eigenvalue weighted by molar-refractivity contribution is 5.31. The summed E-state index contributed by atoms with van der Waals surface area (Å²) >= 11 is 0. The number of rotatable bonds is 6. The van der Waals surface area contributed by atoms with Gasteiger partial charge in [-0.1, -0.05) is 24.6 Å². The molecular weight excluding hydrogens is 248 g/mol. The molecule has 20 heavy (non-hydrogen) atoms. The van der Waals surface area contributed by atoms with Crippen LogP contribution in [0.25, 0.3) is 0 Å². The van der Waals surface area contributed by atoms with Crippen molar-refractivity contribution in [3.05, 3.63) is 53.7 Å². The van der Waals surface area contributed by atoms with Gasteiger partial charge in [-0.3, -0.25) is 0 Å². The monoisotopic (exact) mass is 270 g/mol. The van der Waals surface area contributed by atoms with Crippen molar-refractivity contribution in [3.63, 3.8) is 0 Å². The Labute approximate surface area is 121 Å². The molecule has 3 nitrogen and oxygen atoms in total. The molecule has 1 heterocycles. The molecule has 1 N–H and O–H groups in total. The third kappa shape index (κ3) is 4.07. The summed E-state index contributed by atoms with van der Waals surface area (Å²) in [7, 11) is 0. The average molecular weight is 270 g/mol. The topological polar surface area (TPSA) is 34.2 Å². The number of nitrogens with zero attached hydrogens (tertiary/aromatic N) is 1. The van der Waals surface area contributed by atoms with Crippen molar-refractivity contribution in [1.82, 2.24) is 10.3 Å². The Hall–Kier alpha value is -1.87. The minimum absolute atomic E-state index is 0.304. The lowest BCUT2D eigenvalue weighted by molar-refractivity contribution is 0.460. The third-order valence-electron chi connectivity index (χ3n) is 3.20. The van der Waals surface area contributed by atoms with Gasteiger partial charge in [0.15, 0.2) is 0 Å². The summed E-state index contributed by atoms with van der Waals surface area (Å²) in [6.45, 7) is 7.39. The van der Waals surface area contributed by atoms with E-state index in [-0.39, 0.29) is 0 Å². The van der Waals surface area contributed by atoms with Gasteiger partial charge in [0, 0.05) is 18.3 Å². The molecule has 0 radical (unpaired) electrons. The average Bonchev–Trinajstić information content (AvgIpc) is 2.47. The van der Waals surface area contributed by atoms with Crippen LogP contribution >= 0.6 is 0 Å². The van der Waals surface area contributed by atoms with Crippen LogP contribution in [0.15, 0.2) is 42.6 Å². The van der Waals surface area contributed by atoms with Gasteiger partial charge in [-0.2, -0.15) is 0 Å². The van der Waals surface area contributed by atoms with E-state index in [1.807, 2.05) is 36.4 Å². The number of nitrogens with one attached hydrogen (secondary N) is 1. The van der Waals surface area contributed by atoms with Crippen LogP contribution in [0.3, 0.4) is 0 Å². The maximum atomic E-state index is 5.79. The molecule has 0 spiro atoms. The predicted octanol–water partition coefficient (Wildman–Crippen LogP) is 4.24. The Morgan fingerprint density at radius 1 is 1.20 bits per heavy atom. The highest BCUT2D eigenvalue weighted by atomic mass is 16.5. The standard InChI is InChI=1S/C17H22N2O/c1-4-10-18-14(3)15-9-11-19-17(12-15)20-16-7-5-13(2)6-8-16/h5-9,11-12,14,18H,4,10H2,1-3H3. The largest absolute Gasteiger partial charge is 0.439 e. The van der Waals surface area contributed by atoms with E-state index in [4.69, 9.17) is 4.74 Å². The molecule has 1 atom stereocenters. The summed E-state index contributed by atoms with van der Waals surface area (Å²) in [5, 5.41) is 3.46. The SMILES string of the molecule is CCCNC(C)c1ccnc(Oc2ccc(C)cc2)c1. The molecule has 2 rings (SSSR count). The number of aromatic nitrogens is 1. The molecule has 0 fully saturated rings. The lowest BCUT2D eigenvalue weighted by Crippen LogP contribution is -2.19. The predicted molar refractivity (Wildman–Crippen MR) is 82.2 cm³/mol. The number of aryl methyl sites for hydroxylation is 1. The van der Waals surface area contributed by atoms with Crippen molar-refractivity contribution < 1.29 is 4.74 Å². The summed E-state index contributed by atoms with van der Waals surface area (Å²) in [5.74, 6) is 1.45. The second kappa shape index (κ2) is 7.06. The molecular formula is C17H22N2O. The first kappa shape index (κ1) is 14.5. The summed E-state index contributed by atoms with van der Waals surface area (Å²) < 4.78 is 5.79. The van der Waals surface area contributed by atoms with E-state index in [9.17, 15) is 0 Å². The van der Waals surface area contributed by atoms with Gasteiger partial charge >= 0.3 is 0 Å². The molecule has 3 heteroatoms. The van der Waals surface area contributed by atoms with Crippen LogP contribution in [0, 0.1) is 6.92 Å². The molecule has 0 saturated heterocycles. The molecule has 2 aromatic rings. The molecule has 106 valence electrons. The van der Waals surface area contributed by atoms with Gasteiger partial charge < -0.3 is 10.1 Å². The highest BCUT2D eigenvalue weighted by Gasteiger charge is 2.06. The van der Waals surface area contributed by atoms with Crippen molar-refractivity contribution in [2.75, 3.05) is 6.54 Å². The quantitative estimate of drug-likeness (QED) is 0.852. The Morgan fingerprint density at radius 2 is 1.95 bits per heavy atom. The van der Waals surface area contributed by atoms with Crippen molar-refractivity contribution in [1.29, 1.82) is 0 Å². The molecule has 1 aromatic carbocycles. The van der Waals surface area contributed by atoms with Crippen LogP contribution in [0.4, 0.5) is 0 Å². The number of ether oxygens (including phenoxy) is 1. The van der Waals surface area contributed by atoms with Gasteiger partial charge in [-0.25, -0.2) is 4.98 Å². The van der Waals surface area contributed by atoms with E-state index >= 15 is 0 Å². The Bertz CT molecular complexity index is 537. The fraction of sp³-hybridized carbons (Fsp3) is 0.353. The zero-order valence-electron chi connectivity index (χ0n) is 12.4. The van der Waals surface area contributed by atoms with Crippen molar-refractivity contribution in [3.8, 4) is 11.6 Å². The first-order valence-electron chi connectivity index (χ1n) is 7.13. The van der Waals surface area contributed by atoms with Crippen LogP contribution in [-0.2, 0) is 0 Å². The normalized spacial score (nSPS) is 12.2. The van der Waals surface area contributed by atoms with Gasteiger partial charge in [0.2, 0.25) is 5.88 Å². The maximum absolute atomic E-state index is 5.79. The zero-order chi connectivity index (χ0) is 14.4. The molecule has 0 bridgehead atoms. The van der Waals surface area contributed by atoms with Crippen LogP contribution in [0.1, 0.15) is 37.4 Å². The van der Waals surface area contributed by atoms with E-state index in [0.29, 0.717) is 11.9 Å². The fourth-order valence-corrected chi connectivity index (χ4v) is 1.96. The molecule has 0 amide bonds. The number of hydrogen-bond donors (Lipinski definition) is 1. The second-order valence-electron chi connectivity index (χ2n) is 5.02. The van der Waals surface area contributed by atoms with Crippen molar-refractivity contribution >= 4 is 0 Å². The molecule has 0 saturated carbocycles. The second-order valence-corrected chi connectivity index (χ2v) is 5.02. The van der Waals surface area contributed by atoms with Gasteiger partial charge in [0.1, 0.15) is 5.75 Å². The number of benzene rings is 1. The third-order valence-corrected chi connectivity index (χ3v) is 3.20. The molecule has 0 aliphatic heterocycles. The smallest absolute Gasteiger partial charge is 0.219 e. The fourth-order valence-electron chi connectivity index (χ4n) is 1.96. The van der Waals surface area contributed by atoms with Gasteiger partial charge in [-0.05, 0) is 50.6 Å². The summed E-state index contributed by atoms with van der Waals surface area (Å²) in [4.78, 5) is 4.27. The summed E-state index contributed by atoms with van der Waals surface area (Å²) in [6, 6.07) is 12.3. The van der Waals surface area contributed by atoms with E-state index in [2.05, 4.69) is 31.1 Å². The Morgan fingerprint density at radius 3 is 2.65 bits per heavy atom. The molecule has 1 aromatic heterocycles. The Balaban J connectivity index is 2.07. The Kier molecular flexibility index (Phi) is 5.13. The zero-order valence-corrected chi connectivity index (χ0v) is 12.4. The number of hydrogen-bond acceptors (Lipinski definition) is 3. The highest BCUT2D eigenvalue weighted by Crippen LogP contribution is 2.22. The molecule has 0 aliphatic rings. The van der Waals surface area contributed by atoms with Crippen LogP contribution in [0.5, 0.6) is 11.6 Å². The summed E-state index contributed by atoms with van der Waals surface area (Å²) in [5.41, 5.74) is 2.41. The molecule has 1 unspecified atom stereocenters. The molecule has 0 aliphatic carbocycles. The maximum Gasteiger partial charge on any atom is 0.219 e. The van der Waals surface area contributed by atoms with Gasteiger partial charge in [-0.15, -0.1) is 0 Å². The van der Waals surface area contributed by atoms with E-state index < -0.39 is 0 Å². The van der Waals surface area contributed by atoms with Crippen LogP contribution < -0.4 is 10.1 Å². The number of pyridine rings is 1. The van der Waals surface area contributed by atoms with E-state index in [1.54, 1.807) is 6.20 Å². The summed E-state index contributed by atoms with van der Waals surface area (Å²) in [6.07, 6.45) is 2.92. The minimum atomic E-state index is 0.304. The van der Waals surface area contributed by atoms with Crippen molar-refractivity contribution in [2.24, 2.45) is 0 Å². The van der Waals surface area contributed by atoms with E-state index in [1.165, 1.54) is 11.1 Å². The van der Waals surface area contributed by atoms with Gasteiger partial charge in [0.05, 0.1) is 0 Å². The first-order valence-corrected chi connectivity index (χ1v) is 7.13. The lowest BCUT2D eigenvalue weighted by atomic mass is 10.1. The van der Waals surface area contributed by atoms with Gasteiger partial charge in [0.25, 0.3) is 0 Å². The lowest BCUT2D eigenvalue weighted by Gasteiger charge is -2.14. The van der Waals surface area contributed by atoms with Crippen molar-refractivity contribution in [2.45, 2.75) is 33.2 Å².